The predicted octanol–water partition coefficient (Wildman–Crippen LogP) is 5.51. The van der Waals surface area contributed by atoms with Crippen molar-refractivity contribution in [2.24, 2.45) is 17.8 Å². The molecule has 7 nitrogen and oxygen atoms in total. The van der Waals surface area contributed by atoms with Gasteiger partial charge >= 0.3 is 0 Å². The molecular formula is C34H42N2O5. The van der Waals surface area contributed by atoms with E-state index in [1.54, 1.807) is 24.4 Å². The van der Waals surface area contributed by atoms with Crippen LogP contribution in [0.4, 0.5) is 0 Å². The lowest BCUT2D eigenvalue weighted by Gasteiger charge is -2.36. The molecule has 5 rings (SSSR count). The maximum Gasteiger partial charge on any atom is 0.234 e. The number of aliphatic hydroxyl groups excluding tert-OH is 2. The number of aromatic hydroxyl groups is 1. The molecule has 3 N–H and O–H groups in total. The van der Waals surface area contributed by atoms with Crippen molar-refractivity contribution >= 4 is 23.5 Å². The van der Waals surface area contributed by atoms with Crippen LogP contribution in [-0.4, -0.2) is 55.8 Å². The second-order valence-corrected chi connectivity index (χ2v) is 11.8. The van der Waals surface area contributed by atoms with Crippen molar-refractivity contribution < 1.29 is 24.9 Å². The zero-order chi connectivity index (χ0) is 28.9. The summed E-state index contributed by atoms with van der Waals surface area (Å²) in [6.45, 7) is 1.80. The number of pyridine rings is 1. The van der Waals surface area contributed by atoms with Crippen LogP contribution in [0.2, 0.25) is 0 Å². The number of carbonyl (C=O) groups is 2. The maximum absolute atomic E-state index is 13.8. The van der Waals surface area contributed by atoms with Crippen LogP contribution in [-0.2, 0) is 9.59 Å². The highest BCUT2D eigenvalue weighted by molar-refractivity contribution is 6.06. The van der Waals surface area contributed by atoms with E-state index in [-0.39, 0.29) is 30.2 Å². The first-order chi connectivity index (χ1) is 19.9. The number of amides is 2. The first-order valence-corrected chi connectivity index (χ1v) is 15.2. The van der Waals surface area contributed by atoms with E-state index in [0.717, 1.165) is 72.9 Å². The molecule has 0 unspecified atom stereocenters. The lowest BCUT2D eigenvalue weighted by atomic mass is 9.67. The van der Waals surface area contributed by atoms with Crippen LogP contribution in [0.1, 0.15) is 82.4 Å². The summed E-state index contributed by atoms with van der Waals surface area (Å²) in [5.74, 6) is -1.70. The Bertz CT molecular complexity index is 1300. The van der Waals surface area contributed by atoms with Gasteiger partial charge in [0.1, 0.15) is 5.75 Å². The minimum atomic E-state index is -0.863. The molecule has 0 radical (unpaired) electrons. The van der Waals surface area contributed by atoms with Crippen molar-refractivity contribution in [1.29, 1.82) is 0 Å². The summed E-state index contributed by atoms with van der Waals surface area (Å²) in [7, 11) is 0. The summed E-state index contributed by atoms with van der Waals surface area (Å²) < 4.78 is 0. The minimum absolute atomic E-state index is 0.0415. The molecule has 1 aromatic heterocycles. The van der Waals surface area contributed by atoms with Crippen LogP contribution < -0.4 is 0 Å². The van der Waals surface area contributed by atoms with Gasteiger partial charge in [-0.25, -0.2) is 0 Å². The Morgan fingerprint density at radius 3 is 2.59 bits per heavy atom. The number of benzene rings is 1. The van der Waals surface area contributed by atoms with E-state index < -0.39 is 23.9 Å². The van der Waals surface area contributed by atoms with Gasteiger partial charge in [-0.3, -0.25) is 19.5 Å². The first-order valence-electron chi connectivity index (χ1n) is 15.2. The number of rotatable bonds is 10. The molecule has 0 spiro atoms. The molecule has 0 bridgehead atoms. The number of hydrogen-bond acceptors (Lipinski definition) is 6. The molecule has 2 heterocycles. The summed E-state index contributed by atoms with van der Waals surface area (Å²) in [5, 5.41) is 32.3. The fourth-order valence-corrected chi connectivity index (χ4v) is 7.31. The number of imide groups is 1. The van der Waals surface area contributed by atoms with Gasteiger partial charge in [-0.2, -0.15) is 0 Å². The van der Waals surface area contributed by atoms with Gasteiger partial charge in [0.05, 0.1) is 30.2 Å². The van der Waals surface area contributed by atoms with Gasteiger partial charge in [-0.15, -0.1) is 0 Å². The van der Waals surface area contributed by atoms with Crippen LogP contribution >= 0.6 is 0 Å². The van der Waals surface area contributed by atoms with E-state index >= 15 is 0 Å². The van der Waals surface area contributed by atoms with E-state index in [0.29, 0.717) is 19.3 Å². The summed E-state index contributed by atoms with van der Waals surface area (Å²) in [6, 6.07) is 12.7. The summed E-state index contributed by atoms with van der Waals surface area (Å²) >= 11 is 0. The number of carbonyl (C=O) groups excluding carboxylic acids is 2. The zero-order valence-electron chi connectivity index (χ0n) is 23.9. The number of fused-ring (bicyclic) bond motifs is 1. The molecule has 1 aliphatic heterocycles. The number of aliphatic hydroxyl groups is 2. The Morgan fingerprint density at radius 2 is 1.90 bits per heavy atom. The summed E-state index contributed by atoms with van der Waals surface area (Å²) in [6.07, 6.45) is 10.7. The molecular weight excluding hydrogens is 516 g/mol. The van der Waals surface area contributed by atoms with Gasteiger partial charge in [-0.05, 0) is 85.6 Å². The number of nitrogens with zero attached hydrogens (tertiary/aromatic N) is 2. The van der Waals surface area contributed by atoms with Crippen molar-refractivity contribution in [1.82, 2.24) is 9.88 Å². The number of allylic oxidation sites excluding steroid dienone is 2. The van der Waals surface area contributed by atoms with Gasteiger partial charge < -0.3 is 15.3 Å². The Kier molecular flexibility index (Phi) is 9.35. The molecule has 4 atom stereocenters. The average Bonchev–Trinajstić information content (AvgIpc) is 3.24. The smallest absolute Gasteiger partial charge is 0.234 e. The normalized spacial score (nSPS) is 24.6. The van der Waals surface area contributed by atoms with Crippen LogP contribution in [0.25, 0.3) is 11.6 Å². The zero-order valence-corrected chi connectivity index (χ0v) is 23.9. The Morgan fingerprint density at radius 1 is 1.10 bits per heavy atom. The van der Waals surface area contributed by atoms with Gasteiger partial charge in [0.15, 0.2) is 0 Å². The lowest BCUT2D eigenvalue weighted by molar-refractivity contribution is -0.143. The third-order valence-electron chi connectivity index (χ3n) is 9.16. The average molecular weight is 559 g/mol. The highest BCUT2D eigenvalue weighted by Crippen LogP contribution is 2.48. The van der Waals surface area contributed by atoms with Crippen LogP contribution in [0.3, 0.4) is 0 Å². The standard InChI is InChI=1S/C34H42N2O5/c1-2-9-24-20-27-32(34(41)36(33(27)40)25-11-4-3-5-12-25)28(21-37)31(24)30(39)16-15-23(29-14-6-7-17-35-29)18-22-10-8-13-26(38)19-22/h6-8,10,13-14,17-19,25,27-28,30,32,37-39H,2-5,9,11-12,15-16,20-21H2,1H3/b23-18-/t27-,28+,30-,32-/m1/s1. The van der Waals surface area contributed by atoms with E-state index in [4.69, 9.17) is 0 Å². The monoisotopic (exact) mass is 558 g/mol. The Balaban J connectivity index is 1.42. The van der Waals surface area contributed by atoms with Crippen LogP contribution in [0.5, 0.6) is 5.75 Å². The van der Waals surface area contributed by atoms with E-state index in [2.05, 4.69) is 11.9 Å². The predicted molar refractivity (Wildman–Crippen MR) is 158 cm³/mol. The minimum Gasteiger partial charge on any atom is -0.508 e. The molecule has 1 saturated carbocycles. The molecule has 41 heavy (non-hydrogen) atoms. The molecule has 7 heteroatoms. The van der Waals surface area contributed by atoms with Crippen molar-refractivity contribution in [3.8, 4) is 5.75 Å². The van der Waals surface area contributed by atoms with E-state index in [1.165, 1.54) is 4.90 Å². The molecule has 218 valence electrons. The third kappa shape index (κ3) is 6.16. The van der Waals surface area contributed by atoms with Crippen molar-refractivity contribution in [2.75, 3.05) is 6.61 Å². The summed E-state index contributed by atoms with van der Waals surface area (Å²) in [4.78, 5) is 33.5. The fraction of sp³-hybridized carbons (Fsp3) is 0.500. The molecule has 2 fully saturated rings. The lowest BCUT2D eigenvalue weighted by Crippen LogP contribution is -2.42. The fourth-order valence-electron chi connectivity index (χ4n) is 7.31. The molecule has 2 aliphatic carbocycles. The van der Waals surface area contributed by atoms with Gasteiger partial charge in [0.2, 0.25) is 11.8 Å². The summed E-state index contributed by atoms with van der Waals surface area (Å²) in [5.41, 5.74) is 4.30. The first kappa shape index (κ1) is 29.2. The highest BCUT2D eigenvalue weighted by Gasteiger charge is 2.56. The molecule has 2 aromatic rings. The quantitative estimate of drug-likeness (QED) is 0.262. The van der Waals surface area contributed by atoms with Crippen molar-refractivity contribution in [3.05, 3.63) is 71.1 Å². The van der Waals surface area contributed by atoms with Gasteiger partial charge in [0, 0.05) is 18.2 Å². The van der Waals surface area contributed by atoms with Crippen molar-refractivity contribution in [2.45, 2.75) is 83.3 Å². The second kappa shape index (κ2) is 13.1. The number of aromatic nitrogens is 1. The van der Waals surface area contributed by atoms with Crippen LogP contribution in [0, 0.1) is 17.8 Å². The third-order valence-corrected chi connectivity index (χ3v) is 9.16. The van der Waals surface area contributed by atoms with Gasteiger partial charge in [0.25, 0.3) is 0 Å². The van der Waals surface area contributed by atoms with Crippen LogP contribution in [0.15, 0.2) is 59.8 Å². The molecule has 1 aromatic carbocycles. The van der Waals surface area contributed by atoms with Crippen molar-refractivity contribution in [3.63, 3.8) is 0 Å². The topological polar surface area (TPSA) is 111 Å². The molecule has 3 aliphatic rings. The number of hydrogen-bond donors (Lipinski definition) is 3. The second-order valence-electron chi connectivity index (χ2n) is 11.8. The number of likely N-dealkylation sites (tertiary alicyclic amines) is 1. The van der Waals surface area contributed by atoms with E-state index in [1.807, 2.05) is 30.3 Å². The Labute approximate surface area is 242 Å². The van der Waals surface area contributed by atoms with E-state index in [9.17, 15) is 24.9 Å². The molecule has 1 saturated heterocycles. The largest absolute Gasteiger partial charge is 0.508 e. The number of phenolic OH excluding ortho intramolecular Hbond substituents is 1. The SMILES string of the molecule is CCCC1=C([C@H](O)CC/C(=C/c2cccc(O)c2)c2ccccn2)[C@H](CO)[C@@H]2C(=O)N(C3CCCCC3)C(=O)[C@@H]2C1. The number of phenols is 1. The van der Waals surface area contributed by atoms with Gasteiger partial charge in [-0.1, -0.05) is 56.4 Å². The molecule has 2 amide bonds. The highest BCUT2D eigenvalue weighted by atomic mass is 16.3. The Hall–Kier alpha value is -3.29. The maximum atomic E-state index is 13.8.